The van der Waals surface area contributed by atoms with Crippen LogP contribution < -0.4 is 5.32 Å². The monoisotopic (exact) mass is 386 g/mol. The molecule has 0 aromatic heterocycles. The number of benzene rings is 1. The van der Waals surface area contributed by atoms with E-state index in [1.165, 1.54) is 6.42 Å². The van der Waals surface area contributed by atoms with Gasteiger partial charge in [0.15, 0.2) is 6.10 Å². The summed E-state index contributed by atoms with van der Waals surface area (Å²) in [6.07, 6.45) is 4.82. The molecule has 7 nitrogen and oxygen atoms in total. The lowest BCUT2D eigenvalue weighted by Crippen LogP contribution is -2.42. The Morgan fingerprint density at radius 3 is 2.32 bits per heavy atom. The van der Waals surface area contributed by atoms with Gasteiger partial charge in [-0.2, -0.15) is 0 Å². The molecule has 1 aliphatic carbocycles. The Labute approximate surface area is 164 Å². The minimum atomic E-state index is -0.853. The molecule has 1 heterocycles. The van der Waals surface area contributed by atoms with E-state index < -0.39 is 12.1 Å². The van der Waals surface area contributed by atoms with Crippen LogP contribution in [0.5, 0.6) is 0 Å². The number of ether oxygens (including phenoxy) is 1. The second-order valence-electron chi connectivity index (χ2n) is 7.39. The van der Waals surface area contributed by atoms with Crippen LogP contribution in [0, 0.1) is 0 Å². The van der Waals surface area contributed by atoms with E-state index in [0.717, 1.165) is 30.6 Å². The number of fused-ring (bicyclic) bond motifs is 1. The molecule has 0 saturated heterocycles. The van der Waals surface area contributed by atoms with Gasteiger partial charge in [-0.3, -0.25) is 24.1 Å². The van der Waals surface area contributed by atoms with Crippen molar-refractivity contribution in [1.29, 1.82) is 0 Å². The lowest BCUT2D eigenvalue weighted by molar-refractivity contribution is -0.155. The molecule has 28 heavy (non-hydrogen) atoms. The largest absolute Gasteiger partial charge is 0.453 e. The maximum Gasteiger partial charge on any atom is 0.306 e. The van der Waals surface area contributed by atoms with Crippen molar-refractivity contribution in [3.63, 3.8) is 0 Å². The van der Waals surface area contributed by atoms with Gasteiger partial charge < -0.3 is 10.1 Å². The third kappa shape index (κ3) is 4.58. The molecule has 0 unspecified atom stereocenters. The maximum absolute atomic E-state index is 12.3. The normalized spacial score (nSPS) is 18.0. The number of carbonyl (C=O) groups excluding carboxylic acids is 4. The Balaban J connectivity index is 1.40. The van der Waals surface area contributed by atoms with Crippen LogP contribution in [0.2, 0.25) is 0 Å². The molecular formula is C21H26N2O5. The first kappa shape index (κ1) is 20.0. The highest BCUT2D eigenvalue weighted by Crippen LogP contribution is 2.22. The summed E-state index contributed by atoms with van der Waals surface area (Å²) in [7, 11) is 0. The second-order valence-corrected chi connectivity index (χ2v) is 7.39. The molecule has 1 atom stereocenters. The average molecular weight is 386 g/mol. The smallest absolute Gasteiger partial charge is 0.306 e. The fraction of sp³-hybridized carbons (Fsp3) is 0.524. The molecule has 1 aliphatic heterocycles. The Hall–Kier alpha value is -2.70. The highest BCUT2D eigenvalue weighted by atomic mass is 16.5. The number of imide groups is 1. The van der Waals surface area contributed by atoms with Crippen LogP contribution in [0.3, 0.4) is 0 Å². The molecule has 0 spiro atoms. The van der Waals surface area contributed by atoms with Crippen LogP contribution in [0.4, 0.5) is 0 Å². The Bertz CT molecular complexity index is 735. The maximum atomic E-state index is 12.3. The summed E-state index contributed by atoms with van der Waals surface area (Å²) in [6, 6.07) is 6.83. The molecule has 1 aromatic carbocycles. The van der Waals surface area contributed by atoms with Gasteiger partial charge in [0.2, 0.25) is 0 Å². The molecule has 1 saturated carbocycles. The van der Waals surface area contributed by atoms with Gasteiger partial charge in [-0.05, 0) is 38.3 Å². The fourth-order valence-electron chi connectivity index (χ4n) is 3.70. The summed E-state index contributed by atoms with van der Waals surface area (Å²) >= 11 is 0. The van der Waals surface area contributed by atoms with Gasteiger partial charge in [-0.1, -0.05) is 31.4 Å². The van der Waals surface area contributed by atoms with Crippen molar-refractivity contribution in [2.75, 3.05) is 6.54 Å². The van der Waals surface area contributed by atoms with E-state index >= 15 is 0 Å². The zero-order valence-corrected chi connectivity index (χ0v) is 16.1. The highest BCUT2D eigenvalue weighted by molar-refractivity contribution is 6.21. The van der Waals surface area contributed by atoms with Crippen molar-refractivity contribution in [2.45, 2.75) is 64.0 Å². The first-order valence-electron chi connectivity index (χ1n) is 9.92. The molecule has 3 amide bonds. The Morgan fingerprint density at radius 2 is 1.71 bits per heavy atom. The SMILES string of the molecule is C[C@H](OC(=O)CCCN1C(=O)c2ccccc2C1=O)C(=O)NC1CCCCC1. The Morgan fingerprint density at radius 1 is 1.11 bits per heavy atom. The molecular weight excluding hydrogens is 360 g/mol. The number of rotatable bonds is 7. The lowest BCUT2D eigenvalue weighted by atomic mass is 9.95. The zero-order chi connectivity index (χ0) is 20.1. The van der Waals surface area contributed by atoms with Crippen LogP contribution >= 0.6 is 0 Å². The standard InChI is InChI=1S/C21H26N2O5/c1-14(19(25)22-15-8-3-2-4-9-15)28-18(24)12-7-13-23-20(26)16-10-5-6-11-17(16)21(23)27/h5-6,10-11,14-15H,2-4,7-9,12-13H2,1H3,(H,22,25)/t14-/m0/s1. The number of nitrogens with one attached hydrogen (secondary N) is 1. The number of esters is 1. The lowest BCUT2D eigenvalue weighted by Gasteiger charge is -2.24. The highest BCUT2D eigenvalue weighted by Gasteiger charge is 2.34. The number of carbonyl (C=O) groups is 4. The van der Waals surface area contributed by atoms with E-state index in [0.29, 0.717) is 17.5 Å². The predicted octanol–water partition coefficient (Wildman–Crippen LogP) is 2.44. The van der Waals surface area contributed by atoms with E-state index in [-0.39, 0.29) is 36.7 Å². The van der Waals surface area contributed by atoms with Gasteiger partial charge >= 0.3 is 5.97 Å². The van der Waals surface area contributed by atoms with Gasteiger partial charge in [-0.25, -0.2) is 0 Å². The first-order valence-corrected chi connectivity index (χ1v) is 9.92. The van der Waals surface area contributed by atoms with E-state index in [2.05, 4.69) is 5.32 Å². The van der Waals surface area contributed by atoms with E-state index in [4.69, 9.17) is 4.74 Å². The quantitative estimate of drug-likeness (QED) is 0.574. The van der Waals surface area contributed by atoms with Crippen molar-refractivity contribution >= 4 is 23.7 Å². The van der Waals surface area contributed by atoms with Gasteiger partial charge in [0.05, 0.1) is 11.1 Å². The van der Waals surface area contributed by atoms with Gasteiger partial charge in [0, 0.05) is 19.0 Å². The number of hydrogen-bond donors (Lipinski definition) is 1. The van der Waals surface area contributed by atoms with Crippen LogP contribution in [-0.4, -0.2) is 47.3 Å². The van der Waals surface area contributed by atoms with Gasteiger partial charge in [0.1, 0.15) is 0 Å². The van der Waals surface area contributed by atoms with E-state index in [1.54, 1.807) is 31.2 Å². The second kappa shape index (κ2) is 8.99. The zero-order valence-electron chi connectivity index (χ0n) is 16.1. The molecule has 0 bridgehead atoms. The van der Waals surface area contributed by atoms with Gasteiger partial charge in [-0.15, -0.1) is 0 Å². The molecule has 0 radical (unpaired) electrons. The first-order chi connectivity index (χ1) is 13.5. The molecule has 3 rings (SSSR count). The number of hydrogen-bond acceptors (Lipinski definition) is 5. The summed E-state index contributed by atoms with van der Waals surface area (Å²) in [6.45, 7) is 1.70. The van der Waals surface area contributed by atoms with Crippen LogP contribution in [-0.2, 0) is 14.3 Å². The summed E-state index contributed by atoms with van der Waals surface area (Å²) in [5.74, 6) is -1.47. The third-order valence-corrected chi connectivity index (χ3v) is 5.27. The molecule has 150 valence electrons. The third-order valence-electron chi connectivity index (χ3n) is 5.27. The fourth-order valence-corrected chi connectivity index (χ4v) is 3.70. The topological polar surface area (TPSA) is 92.8 Å². The van der Waals surface area contributed by atoms with Gasteiger partial charge in [0.25, 0.3) is 17.7 Å². The summed E-state index contributed by atoms with van der Waals surface area (Å²) in [5.41, 5.74) is 0.783. The molecule has 1 aromatic rings. The number of nitrogens with zero attached hydrogens (tertiary/aromatic N) is 1. The van der Waals surface area contributed by atoms with Crippen molar-refractivity contribution in [3.8, 4) is 0 Å². The predicted molar refractivity (Wildman–Crippen MR) is 102 cm³/mol. The Kier molecular flexibility index (Phi) is 6.44. The van der Waals surface area contributed by atoms with E-state index in [1.807, 2.05) is 0 Å². The molecule has 1 fully saturated rings. The minimum Gasteiger partial charge on any atom is -0.453 e. The van der Waals surface area contributed by atoms with Crippen molar-refractivity contribution < 1.29 is 23.9 Å². The van der Waals surface area contributed by atoms with Crippen LogP contribution in [0.25, 0.3) is 0 Å². The van der Waals surface area contributed by atoms with Crippen LogP contribution in [0.1, 0.15) is 72.6 Å². The summed E-state index contributed by atoms with van der Waals surface area (Å²) < 4.78 is 5.19. The van der Waals surface area contributed by atoms with E-state index in [9.17, 15) is 19.2 Å². The summed E-state index contributed by atoms with van der Waals surface area (Å²) in [4.78, 5) is 49.9. The molecule has 1 N–H and O–H groups in total. The molecule has 2 aliphatic rings. The minimum absolute atomic E-state index is 0.0362. The van der Waals surface area contributed by atoms with Crippen molar-refractivity contribution in [3.05, 3.63) is 35.4 Å². The van der Waals surface area contributed by atoms with Crippen molar-refractivity contribution in [2.24, 2.45) is 0 Å². The molecule has 7 heteroatoms. The summed E-state index contributed by atoms with van der Waals surface area (Å²) in [5, 5.41) is 2.93. The number of amides is 3. The van der Waals surface area contributed by atoms with Crippen LogP contribution in [0.15, 0.2) is 24.3 Å². The average Bonchev–Trinajstić information content (AvgIpc) is 2.94. The van der Waals surface area contributed by atoms with Crippen molar-refractivity contribution in [1.82, 2.24) is 10.2 Å².